The zero-order valence-corrected chi connectivity index (χ0v) is 13.4. The predicted molar refractivity (Wildman–Crippen MR) is 82.1 cm³/mol. The highest BCUT2D eigenvalue weighted by atomic mass is 127. The zero-order valence-electron chi connectivity index (χ0n) is 9.09. The van der Waals surface area contributed by atoms with Crippen LogP contribution in [0.2, 0.25) is 0 Å². The molecule has 1 rings (SSSR count). The van der Waals surface area contributed by atoms with Crippen LogP contribution in [0.1, 0.15) is 25.3 Å². The molecule has 1 unspecified atom stereocenters. The first-order valence-corrected chi connectivity index (χ1v) is 7.45. The van der Waals surface area contributed by atoms with Gasteiger partial charge in [0.15, 0.2) is 0 Å². The van der Waals surface area contributed by atoms with Gasteiger partial charge in [-0.2, -0.15) is 0 Å². The van der Waals surface area contributed by atoms with Gasteiger partial charge in [-0.25, -0.2) is 0 Å². The van der Waals surface area contributed by atoms with Crippen LogP contribution < -0.4 is 4.74 Å². The Bertz CT molecular complexity index is 310. The second-order valence-electron chi connectivity index (χ2n) is 3.68. The minimum Gasteiger partial charge on any atom is -0.494 e. The van der Waals surface area contributed by atoms with Gasteiger partial charge in [0.1, 0.15) is 5.75 Å². The van der Waals surface area contributed by atoms with E-state index in [4.69, 9.17) is 4.74 Å². The van der Waals surface area contributed by atoms with Crippen LogP contribution in [0.15, 0.2) is 18.2 Å². The highest BCUT2D eigenvalue weighted by molar-refractivity contribution is 14.1. The fourth-order valence-corrected chi connectivity index (χ4v) is 2.15. The van der Waals surface area contributed by atoms with Gasteiger partial charge in [0, 0.05) is 7.49 Å². The lowest BCUT2D eigenvalue weighted by molar-refractivity contribution is 0.307. The third-order valence-electron chi connectivity index (χ3n) is 2.16. The normalized spacial score (nSPS) is 12.5. The molecule has 0 bridgehead atoms. The summed E-state index contributed by atoms with van der Waals surface area (Å²) in [6, 6.07) is 6.26. The summed E-state index contributed by atoms with van der Waals surface area (Å²) in [5.74, 6) is 0.992. The fraction of sp³-hybridized carbons (Fsp3) is 0.500. The second-order valence-corrected chi connectivity index (χ2v) is 6.97. The minimum atomic E-state index is 0.740. The number of hydrogen-bond acceptors (Lipinski definition) is 1. The van der Waals surface area contributed by atoms with Gasteiger partial charge in [0.2, 0.25) is 0 Å². The number of halogens is 2. The van der Waals surface area contributed by atoms with Gasteiger partial charge in [0.05, 0.1) is 6.61 Å². The summed E-state index contributed by atoms with van der Waals surface area (Å²) in [7, 11) is 0. The largest absolute Gasteiger partial charge is 0.494 e. The molecule has 0 aromatic heterocycles. The molecular weight excluding hydrogens is 414 g/mol. The first-order valence-electron chi connectivity index (χ1n) is 5.12. The fourth-order valence-electron chi connectivity index (χ4n) is 1.22. The molecule has 1 aromatic carbocycles. The first-order chi connectivity index (χ1) is 7.09. The van der Waals surface area contributed by atoms with E-state index in [0.717, 1.165) is 22.7 Å². The van der Waals surface area contributed by atoms with Gasteiger partial charge in [-0.15, -0.1) is 0 Å². The van der Waals surface area contributed by atoms with Crippen molar-refractivity contribution in [2.24, 2.45) is 0 Å². The lowest BCUT2D eigenvalue weighted by atomic mass is 10.2. The van der Waals surface area contributed by atoms with Crippen LogP contribution in [0.4, 0.5) is 0 Å². The van der Waals surface area contributed by atoms with E-state index in [1.807, 2.05) is 6.07 Å². The molecule has 0 saturated heterocycles. The number of rotatable bonds is 5. The van der Waals surface area contributed by atoms with Crippen molar-refractivity contribution in [1.82, 2.24) is 0 Å². The molecule has 0 aliphatic rings. The topological polar surface area (TPSA) is 9.23 Å². The molecule has 0 N–H and O–H groups in total. The average Bonchev–Trinajstić information content (AvgIpc) is 2.18. The molecule has 0 aliphatic carbocycles. The molecule has 84 valence electrons. The van der Waals surface area contributed by atoms with Crippen LogP contribution in [-0.2, 0) is 0 Å². The highest BCUT2D eigenvalue weighted by Crippen LogP contribution is 2.19. The molecule has 1 aromatic rings. The Balaban J connectivity index is 2.35. The maximum absolute atomic E-state index is 5.68. The lowest BCUT2D eigenvalue weighted by Crippen LogP contribution is -2.00. The van der Waals surface area contributed by atoms with Crippen LogP contribution in [0, 0.1) is 10.5 Å². The number of alkyl halides is 1. The Morgan fingerprint density at radius 2 is 2.13 bits per heavy atom. The summed E-state index contributed by atoms with van der Waals surface area (Å²) in [6.07, 6.45) is 2.36. The van der Waals surface area contributed by atoms with Gasteiger partial charge < -0.3 is 4.74 Å². The molecule has 0 fully saturated rings. The molecule has 15 heavy (non-hydrogen) atoms. The average molecular weight is 430 g/mol. The van der Waals surface area contributed by atoms with Crippen molar-refractivity contribution < 1.29 is 4.74 Å². The van der Waals surface area contributed by atoms with Crippen molar-refractivity contribution in [1.29, 1.82) is 0 Å². The Morgan fingerprint density at radius 3 is 2.73 bits per heavy atom. The van der Waals surface area contributed by atoms with Gasteiger partial charge in [-0.3, -0.25) is 0 Å². The molecule has 0 radical (unpaired) electrons. The molecule has 1 nitrogen and oxygen atoms in total. The molecule has 0 spiro atoms. The summed E-state index contributed by atoms with van der Waals surface area (Å²) in [4.78, 5) is 0. The first kappa shape index (κ1) is 13.5. The summed E-state index contributed by atoms with van der Waals surface area (Å²) >= 11 is 4.79. The zero-order chi connectivity index (χ0) is 11.3. The predicted octanol–water partition coefficient (Wildman–Crippen LogP) is 4.58. The van der Waals surface area contributed by atoms with Crippen LogP contribution in [-0.4, -0.2) is 10.5 Å². The van der Waals surface area contributed by atoms with Crippen molar-refractivity contribution >= 4 is 45.2 Å². The molecule has 3 heteroatoms. The molecule has 1 atom stereocenters. The van der Waals surface area contributed by atoms with E-state index in [1.54, 1.807) is 0 Å². The van der Waals surface area contributed by atoms with E-state index in [9.17, 15) is 0 Å². The van der Waals surface area contributed by atoms with E-state index in [1.165, 1.54) is 15.6 Å². The molecule has 0 aliphatic heterocycles. The summed E-state index contributed by atoms with van der Waals surface area (Å²) < 4.78 is 7.69. The van der Waals surface area contributed by atoms with E-state index in [0.29, 0.717) is 0 Å². The van der Waals surface area contributed by atoms with E-state index < -0.39 is 0 Å². The van der Waals surface area contributed by atoms with Crippen molar-refractivity contribution in [2.75, 3.05) is 6.61 Å². The van der Waals surface area contributed by atoms with Crippen molar-refractivity contribution in [3.63, 3.8) is 0 Å². The van der Waals surface area contributed by atoms with Gasteiger partial charge in [-0.05, 0) is 60.1 Å². The van der Waals surface area contributed by atoms with Crippen LogP contribution in [0.25, 0.3) is 0 Å². The van der Waals surface area contributed by atoms with Gasteiger partial charge in [-0.1, -0.05) is 35.6 Å². The van der Waals surface area contributed by atoms with Crippen molar-refractivity contribution in [2.45, 2.75) is 30.6 Å². The van der Waals surface area contributed by atoms with Crippen molar-refractivity contribution in [3.05, 3.63) is 27.3 Å². The Kier molecular flexibility index (Phi) is 6.26. The Labute approximate surface area is 119 Å². The van der Waals surface area contributed by atoms with Crippen LogP contribution >= 0.6 is 45.2 Å². The molecule has 0 amide bonds. The number of ether oxygens (including phenoxy) is 1. The summed E-state index contributed by atoms with van der Waals surface area (Å²) in [6.45, 7) is 5.17. The van der Waals surface area contributed by atoms with E-state index in [2.05, 4.69) is 71.2 Å². The highest BCUT2D eigenvalue weighted by Gasteiger charge is 1.99. The summed E-state index contributed by atoms with van der Waals surface area (Å²) in [5, 5.41) is 0. The maximum Gasteiger partial charge on any atom is 0.120 e. The third kappa shape index (κ3) is 5.38. The summed E-state index contributed by atoms with van der Waals surface area (Å²) in [5.41, 5.74) is 1.31. The van der Waals surface area contributed by atoms with Crippen molar-refractivity contribution in [3.8, 4) is 5.75 Å². The standard InChI is InChI=1S/C12H16I2O/c1-9-5-6-11(8-12(9)14)15-7-3-4-10(2)13/h5-6,8,10H,3-4,7H2,1-2H3. The van der Waals surface area contributed by atoms with Gasteiger partial charge >= 0.3 is 0 Å². The smallest absolute Gasteiger partial charge is 0.120 e. The van der Waals surface area contributed by atoms with Crippen LogP contribution in [0.5, 0.6) is 5.75 Å². The van der Waals surface area contributed by atoms with Gasteiger partial charge in [0.25, 0.3) is 0 Å². The minimum absolute atomic E-state index is 0.740. The van der Waals surface area contributed by atoms with E-state index >= 15 is 0 Å². The third-order valence-corrected chi connectivity index (χ3v) is 3.94. The second kappa shape index (κ2) is 6.93. The molecular formula is C12H16I2O. The Morgan fingerprint density at radius 1 is 1.40 bits per heavy atom. The maximum atomic E-state index is 5.68. The lowest BCUT2D eigenvalue weighted by Gasteiger charge is -2.08. The Hall–Kier alpha value is 0.480. The quantitative estimate of drug-likeness (QED) is 0.378. The number of benzene rings is 1. The monoisotopic (exact) mass is 430 g/mol. The number of aryl methyl sites for hydroxylation is 1. The number of hydrogen-bond donors (Lipinski definition) is 0. The van der Waals surface area contributed by atoms with E-state index in [-0.39, 0.29) is 0 Å². The van der Waals surface area contributed by atoms with Crippen LogP contribution in [0.3, 0.4) is 0 Å². The molecule has 0 heterocycles. The SMILES string of the molecule is Cc1ccc(OCCCC(C)I)cc1I. The molecule has 0 saturated carbocycles.